The summed E-state index contributed by atoms with van der Waals surface area (Å²) < 4.78 is 0. The Morgan fingerprint density at radius 3 is 2.67 bits per heavy atom. The minimum atomic E-state index is -0.428. The lowest BCUT2D eigenvalue weighted by molar-refractivity contribution is -0.118. The highest BCUT2D eigenvalue weighted by molar-refractivity contribution is 5.95. The van der Waals surface area contributed by atoms with E-state index < -0.39 is 6.10 Å². The maximum absolute atomic E-state index is 11.3. The molecule has 2 nitrogen and oxygen atoms in total. The Bertz CT molecular complexity index is 216. The van der Waals surface area contributed by atoms with Gasteiger partial charge in [-0.1, -0.05) is 13.8 Å². The zero-order chi connectivity index (χ0) is 9.30. The van der Waals surface area contributed by atoms with E-state index in [0.29, 0.717) is 17.9 Å². The van der Waals surface area contributed by atoms with E-state index >= 15 is 0 Å². The standard InChI is InChI=1S/C10H16O2/c1-6(2)8-5-9(11)7(3)4-10(8)12/h4,6,8,10,12H,5H2,1-3H3. The molecule has 2 atom stereocenters. The van der Waals surface area contributed by atoms with Crippen LogP contribution < -0.4 is 0 Å². The molecule has 0 saturated heterocycles. The molecule has 0 amide bonds. The summed E-state index contributed by atoms with van der Waals surface area (Å²) in [6, 6.07) is 0. The molecule has 0 aliphatic heterocycles. The summed E-state index contributed by atoms with van der Waals surface area (Å²) in [5.74, 6) is 0.661. The second-order valence-electron chi connectivity index (χ2n) is 3.88. The summed E-state index contributed by atoms with van der Waals surface area (Å²) in [5.41, 5.74) is 0.708. The first-order valence-corrected chi connectivity index (χ1v) is 4.42. The van der Waals surface area contributed by atoms with Gasteiger partial charge in [0.05, 0.1) is 6.10 Å². The summed E-state index contributed by atoms with van der Waals surface area (Å²) in [6.45, 7) is 5.84. The molecule has 0 aromatic carbocycles. The fraction of sp³-hybridized carbons (Fsp3) is 0.700. The van der Waals surface area contributed by atoms with Crippen LogP contribution in [0.1, 0.15) is 27.2 Å². The van der Waals surface area contributed by atoms with Crippen LogP contribution >= 0.6 is 0 Å². The Kier molecular flexibility index (Phi) is 2.68. The van der Waals surface area contributed by atoms with Crippen LogP contribution in [-0.2, 0) is 4.79 Å². The van der Waals surface area contributed by atoms with Crippen molar-refractivity contribution in [2.45, 2.75) is 33.3 Å². The van der Waals surface area contributed by atoms with Crippen LogP contribution in [0.2, 0.25) is 0 Å². The van der Waals surface area contributed by atoms with Crippen molar-refractivity contribution in [2.24, 2.45) is 11.8 Å². The van der Waals surface area contributed by atoms with Crippen LogP contribution in [0.25, 0.3) is 0 Å². The minimum absolute atomic E-state index is 0.112. The molecule has 0 spiro atoms. The molecule has 0 aromatic heterocycles. The molecule has 0 heterocycles. The summed E-state index contributed by atoms with van der Waals surface area (Å²) in [7, 11) is 0. The monoisotopic (exact) mass is 168 g/mol. The van der Waals surface area contributed by atoms with Gasteiger partial charge in [-0.25, -0.2) is 0 Å². The average Bonchev–Trinajstić information content (AvgIpc) is 1.96. The van der Waals surface area contributed by atoms with E-state index in [4.69, 9.17) is 0 Å². The zero-order valence-electron chi connectivity index (χ0n) is 7.87. The van der Waals surface area contributed by atoms with Crippen LogP contribution in [0.4, 0.5) is 0 Å². The first-order chi connectivity index (χ1) is 5.52. The number of hydrogen-bond donors (Lipinski definition) is 1. The van der Waals surface area contributed by atoms with Gasteiger partial charge in [-0.15, -0.1) is 0 Å². The lowest BCUT2D eigenvalue weighted by atomic mass is 9.80. The summed E-state index contributed by atoms with van der Waals surface area (Å²) in [5, 5.41) is 9.60. The largest absolute Gasteiger partial charge is 0.389 e. The van der Waals surface area contributed by atoms with Gasteiger partial charge in [-0.05, 0) is 30.4 Å². The average molecular weight is 168 g/mol. The number of Topliss-reactive ketones (excluding diaryl/α,β-unsaturated/α-hetero) is 1. The van der Waals surface area contributed by atoms with Crippen LogP contribution in [-0.4, -0.2) is 17.0 Å². The maximum Gasteiger partial charge on any atom is 0.158 e. The third-order valence-electron chi connectivity index (χ3n) is 2.58. The highest BCUT2D eigenvalue weighted by Gasteiger charge is 2.28. The zero-order valence-corrected chi connectivity index (χ0v) is 7.87. The summed E-state index contributed by atoms with van der Waals surface area (Å²) >= 11 is 0. The number of hydrogen-bond acceptors (Lipinski definition) is 2. The van der Waals surface area contributed by atoms with Crippen LogP contribution in [0, 0.1) is 11.8 Å². The van der Waals surface area contributed by atoms with E-state index in [1.165, 1.54) is 0 Å². The number of carbonyl (C=O) groups is 1. The quantitative estimate of drug-likeness (QED) is 0.644. The van der Waals surface area contributed by atoms with Crippen LogP contribution in [0.3, 0.4) is 0 Å². The number of ketones is 1. The molecule has 1 aliphatic carbocycles. The number of aliphatic hydroxyl groups excluding tert-OH is 1. The Labute approximate surface area is 73.3 Å². The molecule has 0 aromatic rings. The van der Waals surface area contributed by atoms with Crippen LogP contribution in [0.15, 0.2) is 11.6 Å². The summed E-state index contributed by atoms with van der Waals surface area (Å²) in [4.78, 5) is 11.3. The van der Waals surface area contributed by atoms with Gasteiger partial charge in [-0.3, -0.25) is 4.79 Å². The molecule has 1 aliphatic rings. The van der Waals surface area contributed by atoms with Crippen LogP contribution in [0.5, 0.6) is 0 Å². The molecule has 68 valence electrons. The molecule has 0 bridgehead atoms. The lowest BCUT2D eigenvalue weighted by Gasteiger charge is -2.27. The summed E-state index contributed by atoms with van der Waals surface area (Å²) in [6.07, 6.45) is 1.75. The second-order valence-corrected chi connectivity index (χ2v) is 3.88. The van der Waals surface area contributed by atoms with Gasteiger partial charge in [0.1, 0.15) is 0 Å². The Morgan fingerprint density at radius 1 is 1.58 bits per heavy atom. The van der Waals surface area contributed by atoms with Gasteiger partial charge in [0.2, 0.25) is 0 Å². The van der Waals surface area contributed by atoms with E-state index in [-0.39, 0.29) is 11.7 Å². The van der Waals surface area contributed by atoms with Crippen molar-refractivity contribution in [3.63, 3.8) is 0 Å². The van der Waals surface area contributed by atoms with Crippen molar-refractivity contribution < 1.29 is 9.90 Å². The topological polar surface area (TPSA) is 37.3 Å². The minimum Gasteiger partial charge on any atom is -0.389 e. The molecule has 2 heteroatoms. The molecule has 1 rings (SSSR count). The predicted octanol–water partition coefficient (Wildman–Crippen LogP) is 1.54. The van der Waals surface area contributed by atoms with Crippen molar-refractivity contribution in [1.29, 1.82) is 0 Å². The van der Waals surface area contributed by atoms with Crippen molar-refractivity contribution in [2.75, 3.05) is 0 Å². The molecule has 1 N–H and O–H groups in total. The van der Waals surface area contributed by atoms with E-state index in [1.807, 2.05) is 13.8 Å². The molecule has 0 fully saturated rings. The molecule has 2 unspecified atom stereocenters. The molecule has 12 heavy (non-hydrogen) atoms. The van der Waals surface area contributed by atoms with Crippen molar-refractivity contribution in [3.05, 3.63) is 11.6 Å². The van der Waals surface area contributed by atoms with Crippen molar-refractivity contribution in [1.82, 2.24) is 0 Å². The van der Waals surface area contributed by atoms with Crippen molar-refractivity contribution >= 4 is 5.78 Å². The van der Waals surface area contributed by atoms with Gasteiger partial charge >= 0.3 is 0 Å². The smallest absolute Gasteiger partial charge is 0.158 e. The van der Waals surface area contributed by atoms with E-state index in [9.17, 15) is 9.90 Å². The number of carbonyl (C=O) groups excluding carboxylic acids is 1. The first-order valence-electron chi connectivity index (χ1n) is 4.42. The fourth-order valence-electron chi connectivity index (χ4n) is 1.60. The Hall–Kier alpha value is -0.630. The van der Waals surface area contributed by atoms with E-state index in [2.05, 4.69) is 0 Å². The lowest BCUT2D eigenvalue weighted by Crippen LogP contribution is -2.30. The predicted molar refractivity (Wildman–Crippen MR) is 47.7 cm³/mol. The number of aliphatic hydroxyl groups is 1. The van der Waals surface area contributed by atoms with Gasteiger partial charge in [0.15, 0.2) is 5.78 Å². The Morgan fingerprint density at radius 2 is 2.17 bits per heavy atom. The van der Waals surface area contributed by atoms with E-state index in [1.54, 1.807) is 13.0 Å². The number of rotatable bonds is 1. The first kappa shape index (κ1) is 9.46. The Balaban J connectivity index is 2.79. The third kappa shape index (κ3) is 1.75. The fourth-order valence-corrected chi connectivity index (χ4v) is 1.60. The van der Waals surface area contributed by atoms with Gasteiger partial charge in [0.25, 0.3) is 0 Å². The number of allylic oxidation sites excluding steroid dienone is 1. The normalized spacial score (nSPS) is 30.8. The van der Waals surface area contributed by atoms with Gasteiger partial charge in [0, 0.05) is 6.42 Å². The van der Waals surface area contributed by atoms with Gasteiger partial charge in [-0.2, -0.15) is 0 Å². The third-order valence-corrected chi connectivity index (χ3v) is 2.58. The molecular weight excluding hydrogens is 152 g/mol. The highest BCUT2D eigenvalue weighted by Crippen LogP contribution is 2.27. The molecular formula is C10H16O2. The van der Waals surface area contributed by atoms with Crippen molar-refractivity contribution in [3.8, 4) is 0 Å². The maximum atomic E-state index is 11.3. The van der Waals surface area contributed by atoms with Gasteiger partial charge < -0.3 is 5.11 Å². The molecule has 0 saturated carbocycles. The highest BCUT2D eigenvalue weighted by atomic mass is 16.3. The van der Waals surface area contributed by atoms with E-state index in [0.717, 1.165) is 0 Å². The molecule has 0 radical (unpaired) electrons. The second kappa shape index (κ2) is 3.40. The SMILES string of the molecule is CC1=CC(O)C(C(C)C)CC1=O.